The summed E-state index contributed by atoms with van der Waals surface area (Å²) in [6.07, 6.45) is 0.899. The molecule has 1 aliphatic carbocycles. The van der Waals surface area contributed by atoms with E-state index in [1.54, 1.807) is 0 Å². The number of nitrogens with zero attached hydrogens (tertiary/aromatic N) is 2. The molecule has 0 aromatic heterocycles. The fourth-order valence-electron chi connectivity index (χ4n) is 4.91. The van der Waals surface area contributed by atoms with Gasteiger partial charge in [-0.1, -0.05) is 48.2 Å². The molecule has 0 spiro atoms. The van der Waals surface area contributed by atoms with Crippen molar-refractivity contribution in [3.8, 4) is 0 Å². The van der Waals surface area contributed by atoms with E-state index in [9.17, 15) is 32.3 Å². The number of rotatable bonds is 8. The minimum Gasteiger partial charge on any atom is -0.481 e. The molecule has 9 nitrogen and oxygen atoms in total. The number of hydrogen-bond acceptors (Lipinski definition) is 5. The molecule has 4 rings (SSSR count). The summed E-state index contributed by atoms with van der Waals surface area (Å²) in [6, 6.07) is 7.58. The second kappa shape index (κ2) is 11.6. The van der Waals surface area contributed by atoms with Gasteiger partial charge in [-0.25, -0.2) is 12.8 Å². The zero-order chi connectivity index (χ0) is 27.6. The fourth-order valence-corrected chi connectivity index (χ4v) is 6.84. The predicted molar refractivity (Wildman–Crippen MR) is 137 cm³/mol. The topological polar surface area (TPSA) is 124 Å². The molecule has 1 heterocycles. The normalized spacial score (nSPS) is 19.4. The largest absolute Gasteiger partial charge is 0.481 e. The van der Waals surface area contributed by atoms with Gasteiger partial charge in [0.15, 0.2) is 6.17 Å². The molecule has 2 unspecified atom stereocenters. The average molecular weight is 586 g/mol. The molecule has 2 aliphatic rings. The summed E-state index contributed by atoms with van der Waals surface area (Å²) in [7, 11) is -4.32. The van der Waals surface area contributed by atoms with Crippen LogP contribution in [0.3, 0.4) is 0 Å². The van der Waals surface area contributed by atoms with E-state index in [0.717, 1.165) is 29.3 Å². The molecule has 2 fully saturated rings. The van der Waals surface area contributed by atoms with E-state index in [-0.39, 0.29) is 39.9 Å². The summed E-state index contributed by atoms with van der Waals surface area (Å²) in [5.41, 5.74) is 0.313. The van der Waals surface area contributed by atoms with Crippen molar-refractivity contribution in [2.45, 2.75) is 49.2 Å². The Kier molecular flexibility index (Phi) is 8.61. The Morgan fingerprint density at radius 1 is 1.03 bits per heavy atom. The number of carboxylic acid groups (broad SMARTS) is 1. The Bertz CT molecular complexity index is 1340. The van der Waals surface area contributed by atoms with Gasteiger partial charge in [0, 0.05) is 19.0 Å². The second-order valence-electron chi connectivity index (χ2n) is 9.29. The van der Waals surface area contributed by atoms with Crippen LogP contribution in [0.2, 0.25) is 10.0 Å². The first-order valence-electron chi connectivity index (χ1n) is 12.0. The van der Waals surface area contributed by atoms with Gasteiger partial charge < -0.3 is 15.3 Å². The zero-order valence-electron chi connectivity index (χ0n) is 20.1. The molecule has 1 saturated carbocycles. The Morgan fingerprint density at radius 2 is 1.68 bits per heavy atom. The zero-order valence-corrected chi connectivity index (χ0v) is 22.5. The van der Waals surface area contributed by atoms with E-state index in [1.807, 2.05) is 0 Å². The number of nitrogens with one attached hydrogen (secondary N) is 1. The van der Waals surface area contributed by atoms with Crippen LogP contribution in [0.15, 0.2) is 47.4 Å². The molecular formula is C25H26Cl2FN3O6S. The fraction of sp³-hybridized carbons (Fsp3) is 0.400. The summed E-state index contributed by atoms with van der Waals surface area (Å²) < 4.78 is 41.7. The highest BCUT2D eigenvalue weighted by atomic mass is 35.5. The molecule has 0 radical (unpaired) electrons. The van der Waals surface area contributed by atoms with Crippen molar-refractivity contribution in [1.82, 2.24) is 14.5 Å². The van der Waals surface area contributed by atoms with Crippen LogP contribution >= 0.6 is 23.2 Å². The molecule has 2 N–H and O–H groups in total. The molecule has 1 aliphatic heterocycles. The van der Waals surface area contributed by atoms with Crippen LogP contribution in [0, 0.1) is 11.7 Å². The van der Waals surface area contributed by atoms with Crippen LogP contribution in [0.1, 0.15) is 43.7 Å². The molecule has 0 bridgehead atoms. The molecule has 13 heteroatoms. The number of halogens is 3. The minimum absolute atomic E-state index is 0.00432. The molecule has 2 aromatic rings. The second-order valence-corrected chi connectivity index (χ2v) is 12.0. The maximum Gasteiger partial charge on any atom is 0.305 e. The highest BCUT2D eigenvalue weighted by Crippen LogP contribution is 2.33. The maximum atomic E-state index is 13.7. The van der Waals surface area contributed by atoms with Crippen LogP contribution in [0.25, 0.3) is 0 Å². The van der Waals surface area contributed by atoms with Crippen molar-refractivity contribution >= 4 is 51.0 Å². The molecular weight excluding hydrogens is 560 g/mol. The van der Waals surface area contributed by atoms with Crippen molar-refractivity contribution in [3.05, 3.63) is 63.9 Å². The molecule has 2 amide bonds. The maximum absolute atomic E-state index is 13.7. The van der Waals surface area contributed by atoms with E-state index in [0.29, 0.717) is 18.4 Å². The summed E-state index contributed by atoms with van der Waals surface area (Å²) in [6.45, 7) is -0.173. The molecule has 204 valence electrons. The van der Waals surface area contributed by atoms with Crippen LogP contribution in [0.5, 0.6) is 0 Å². The Hall–Kier alpha value is -2.73. The van der Waals surface area contributed by atoms with Gasteiger partial charge in [-0.3, -0.25) is 14.4 Å². The highest BCUT2D eigenvalue weighted by molar-refractivity contribution is 7.89. The third-order valence-electron chi connectivity index (χ3n) is 6.82. The Morgan fingerprint density at radius 3 is 2.29 bits per heavy atom. The molecule has 38 heavy (non-hydrogen) atoms. The number of carbonyl (C=O) groups excluding carboxylic acids is 2. The van der Waals surface area contributed by atoms with Crippen LogP contribution in [0.4, 0.5) is 4.39 Å². The lowest BCUT2D eigenvalue weighted by atomic mass is 10.0. The van der Waals surface area contributed by atoms with E-state index in [1.165, 1.54) is 35.2 Å². The summed E-state index contributed by atoms with van der Waals surface area (Å²) in [5.74, 6) is -3.30. The monoisotopic (exact) mass is 585 g/mol. The van der Waals surface area contributed by atoms with Gasteiger partial charge in [0.1, 0.15) is 5.82 Å². The molecule has 2 atom stereocenters. The summed E-state index contributed by atoms with van der Waals surface area (Å²) in [4.78, 5) is 39.7. The predicted octanol–water partition coefficient (Wildman–Crippen LogP) is 3.81. The number of hydrogen-bond donors (Lipinski definition) is 2. The highest BCUT2D eigenvalue weighted by Gasteiger charge is 2.48. The Labute approximate surface area is 229 Å². The first kappa shape index (κ1) is 28.3. The van der Waals surface area contributed by atoms with Gasteiger partial charge in [-0.15, -0.1) is 0 Å². The van der Waals surface area contributed by atoms with Gasteiger partial charge in [0.25, 0.3) is 5.91 Å². The first-order chi connectivity index (χ1) is 18.0. The Balaban J connectivity index is 1.70. The van der Waals surface area contributed by atoms with Crippen LogP contribution in [-0.4, -0.2) is 59.8 Å². The van der Waals surface area contributed by atoms with Crippen molar-refractivity contribution in [3.63, 3.8) is 0 Å². The number of amides is 2. The quantitative estimate of drug-likeness (QED) is 0.485. The smallest absolute Gasteiger partial charge is 0.305 e. The van der Waals surface area contributed by atoms with Gasteiger partial charge in [0.05, 0.1) is 27.4 Å². The van der Waals surface area contributed by atoms with E-state index < -0.39 is 46.3 Å². The van der Waals surface area contributed by atoms with E-state index >= 15 is 0 Å². The lowest BCUT2D eigenvalue weighted by molar-refractivity contribution is -0.144. The summed E-state index contributed by atoms with van der Waals surface area (Å²) in [5, 5.41) is 12.2. The number of sulfonamides is 1. The van der Waals surface area contributed by atoms with Gasteiger partial charge in [-0.05, 0) is 48.7 Å². The number of aliphatic carboxylic acids is 1. The number of benzene rings is 2. The summed E-state index contributed by atoms with van der Waals surface area (Å²) >= 11 is 12.0. The SMILES string of the molecule is O=C(O)CC(NC(=O)C1N(C(=O)C2CCCC2)CCN1S(=O)(=O)c1ccc(Cl)c(Cl)c1)c1ccc(F)cc1. The van der Waals surface area contributed by atoms with Crippen molar-refractivity contribution < 1.29 is 32.3 Å². The number of carboxylic acids is 1. The van der Waals surface area contributed by atoms with Crippen LogP contribution in [-0.2, 0) is 24.4 Å². The molecule has 2 aromatic carbocycles. The van der Waals surface area contributed by atoms with E-state index in [2.05, 4.69) is 5.32 Å². The first-order valence-corrected chi connectivity index (χ1v) is 14.2. The third kappa shape index (κ3) is 5.96. The van der Waals surface area contributed by atoms with Crippen molar-refractivity contribution in [2.75, 3.05) is 13.1 Å². The van der Waals surface area contributed by atoms with E-state index in [4.69, 9.17) is 23.2 Å². The standard InChI is InChI=1S/C25H26Cl2FN3O6S/c26-19-10-9-18(13-20(19)27)38(36,37)31-12-11-30(25(35)16-3-1-2-4-16)24(31)23(34)29-21(14-22(32)33)15-5-7-17(28)8-6-15/h5-10,13,16,21,24H,1-4,11-12,14H2,(H,29,34)(H,32,33). The van der Waals surface area contributed by atoms with Gasteiger partial charge in [0.2, 0.25) is 15.9 Å². The van der Waals surface area contributed by atoms with Gasteiger partial charge >= 0.3 is 5.97 Å². The van der Waals surface area contributed by atoms with Crippen LogP contribution < -0.4 is 5.32 Å². The number of carbonyl (C=O) groups is 3. The molecule has 1 saturated heterocycles. The van der Waals surface area contributed by atoms with Crippen molar-refractivity contribution in [1.29, 1.82) is 0 Å². The third-order valence-corrected chi connectivity index (χ3v) is 9.40. The van der Waals surface area contributed by atoms with Crippen molar-refractivity contribution in [2.24, 2.45) is 5.92 Å². The average Bonchev–Trinajstić information content (AvgIpc) is 3.56. The minimum atomic E-state index is -4.32. The van der Waals surface area contributed by atoms with Gasteiger partial charge in [-0.2, -0.15) is 4.31 Å². The lowest BCUT2D eigenvalue weighted by Crippen LogP contribution is -2.55. The lowest BCUT2D eigenvalue weighted by Gasteiger charge is -2.31.